The molecule has 0 bridgehead atoms. The highest BCUT2D eigenvalue weighted by Crippen LogP contribution is 2.25. The predicted octanol–water partition coefficient (Wildman–Crippen LogP) is 3.68. The molecule has 0 atom stereocenters. The van der Waals surface area contributed by atoms with Crippen molar-refractivity contribution in [1.82, 2.24) is 9.55 Å². The number of aryl methyl sites for hydroxylation is 1. The highest BCUT2D eigenvalue weighted by atomic mass is 35.5. The average molecular weight is 352 g/mol. The molecule has 0 saturated heterocycles. The lowest BCUT2D eigenvalue weighted by atomic mass is 10.2. The van der Waals surface area contributed by atoms with Gasteiger partial charge >= 0.3 is 0 Å². The molecule has 0 amide bonds. The van der Waals surface area contributed by atoms with Gasteiger partial charge in [0, 0.05) is 12.1 Å². The minimum absolute atomic E-state index is 0. The van der Waals surface area contributed by atoms with Gasteiger partial charge in [0.05, 0.1) is 26.5 Å². The molecule has 118 valence electrons. The van der Waals surface area contributed by atoms with E-state index < -0.39 is 4.92 Å². The predicted molar refractivity (Wildman–Crippen MR) is 91.0 cm³/mol. The fourth-order valence-corrected chi connectivity index (χ4v) is 2.58. The summed E-state index contributed by atoms with van der Waals surface area (Å²) in [6.45, 7) is 1.69. The third kappa shape index (κ3) is 2.91. The number of nitro groups is 1. The Hall–Kier alpha value is -2.44. The van der Waals surface area contributed by atoms with Gasteiger partial charge in [-0.3, -0.25) is 19.5 Å². The maximum atomic E-state index is 12.7. The number of halogens is 2. The topological polar surface area (TPSA) is 78.0 Å². The van der Waals surface area contributed by atoms with Crippen LogP contribution >= 0.6 is 24.0 Å². The number of aromatic nitrogens is 2. The van der Waals surface area contributed by atoms with Gasteiger partial charge in [-0.25, -0.2) is 4.98 Å². The zero-order chi connectivity index (χ0) is 15.9. The van der Waals surface area contributed by atoms with Crippen LogP contribution in [0.15, 0.2) is 47.3 Å². The number of fused-ring (bicyclic) bond motifs is 1. The molecule has 0 aliphatic rings. The summed E-state index contributed by atoms with van der Waals surface area (Å²) >= 11 is 6.11. The second kappa shape index (κ2) is 6.36. The third-order valence-electron chi connectivity index (χ3n) is 3.33. The first-order chi connectivity index (χ1) is 10.5. The molecule has 23 heavy (non-hydrogen) atoms. The molecule has 3 rings (SSSR count). The van der Waals surface area contributed by atoms with E-state index in [2.05, 4.69) is 4.98 Å². The second-order valence-electron chi connectivity index (χ2n) is 4.71. The van der Waals surface area contributed by atoms with Crippen LogP contribution in [0.3, 0.4) is 0 Å². The highest BCUT2D eigenvalue weighted by Gasteiger charge is 2.15. The van der Waals surface area contributed by atoms with E-state index >= 15 is 0 Å². The standard InChI is InChI=1S/C15H10ClN3O3.ClH/c1-9-17-13-5-3-2-4-11(13)15(20)18(9)14-7-6-10(19(21)22)8-12(14)16;/h2-8H,1H3;1H. The summed E-state index contributed by atoms with van der Waals surface area (Å²) in [4.78, 5) is 27.3. The number of nitro benzene ring substituents is 1. The lowest BCUT2D eigenvalue weighted by Gasteiger charge is -2.12. The SMILES string of the molecule is Cc1nc2ccccc2c(=O)n1-c1ccc([N+](=O)[O-])cc1Cl.Cl. The number of rotatable bonds is 2. The van der Waals surface area contributed by atoms with Gasteiger partial charge in [0.25, 0.3) is 11.2 Å². The summed E-state index contributed by atoms with van der Waals surface area (Å²) in [5, 5.41) is 11.4. The second-order valence-corrected chi connectivity index (χ2v) is 5.12. The van der Waals surface area contributed by atoms with Gasteiger partial charge in [-0.15, -0.1) is 12.4 Å². The van der Waals surface area contributed by atoms with Crippen molar-refractivity contribution in [1.29, 1.82) is 0 Å². The number of benzene rings is 2. The Morgan fingerprint density at radius 2 is 1.91 bits per heavy atom. The molecule has 0 saturated carbocycles. The van der Waals surface area contributed by atoms with Gasteiger partial charge in [0.2, 0.25) is 0 Å². The van der Waals surface area contributed by atoms with E-state index in [-0.39, 0.29) is 28.7 Å². The van der Waals surface area contributed by atoms with Crippen LogP contribution in [0.1, 0.15) is 5.82 Å². The van der Waals surface area contributed by atoms with Crippen LogP contribution in [0, 0.1) is 17.0 Å². The molecule has 3 aromatic rings. The Labute approximate surface area is 141 Å². The van der Waals surface area contributed by atoms with E-state index in [9.17, 15) is 14.9 Å². The van der Waals surface area contributed by atoms with Crippen LogP contribution in [0.5, 0.6) is 0 Å². The van der Waals surface area contributed by atoms with E-state index in [1.165, 1.54) is 22.8 Å². The maximum absolute atomic E-state index is 12.7. The number of para-hydroxylation sites is 1. The highest BCUT2D eigenvalue weighted by molar-refractivity contribution is 6.32. The fourth-order valence-electron chi connectivity index (χ4n) is 2.32. The first-order valence-corrected chi connectivity index (χ1v) is 6.79. The molecule has 0 aliphatic heterocycles. The summed E-state index contributed by atoms with van der Waals surface area (Å²) < 4.78 is 1.36. The average Bonchev–Trinajstić information content (AvgIpc) is 2.48. The van der Waals surface area contributed by atoms with Crippen molar-refractivity contribution in [3.8, 4) is 5.69 Å². The Morgan fingerprint density at radius 1 is 1.22 bits per heavy atom. The Bertz CT molecular complexity index is 970. The van der Waals surface area contributed by atoms with Crippen molar-refractivity contribution in [2.75, 3.05) is 0 Å². The van der Waals surface area contributed by atoms with Gasteiger partial charge in [0.1, 0.15) is 5.82 Å². The monoisotopic (exact) mass is 351 g/mol. The molecule has 2 aromatic carbocycles. The molecule has 8 heteroatoms. The van der Waals surface area contributed by atoms with Crippen molar-refractivity contribution in [2.45, 2.75) is 6.92 Å². The van der Waals surface area contributed by atoms with Crippen molar-refractivity contribution in [2.24, 2.45) is 0 Å². The van der Waals surface area contributed by atoms with E-state index in [0.717, 1.165) is 0 Å². The molecule has 0 aliphatic carbocycles. The smallest absolute Gasteiger partial charge is 0.268 e. The lowest BCUT2D eigenvalue weighted by Crippen LogP contribution is -2.22. The zero-order valence-electron chi connectivity index (χ0n) is 11.9. The molecular weight excluding hydrogens is 341 g/mol. The van der Waals surface area contributed by atoms with Crippen LogP contribution in [-0.2, 0) is 0 Å². The van der Waals surface area contributed by atoms with E-state index in [1.807, 2.05) is 0 Å². The minimum Gasteiger partial charge on any atom is -0.268 e. The van der Waals surface area contributed by atoms with Crippen LogP contribution in [-0.4, -0.2) is 14.5 Å². The van der Waals surface area contributed by atoms with Crippen molar-refractivity contribution in [3.05, 3.63) is 73.8 Å². The van der Waals surface area contributed by atoms with Crippen molar-refractivity contribution in [3.63, 3.8) is 0 Å². The van der Waals surface area contributed by atoms with Gasteiger partial charge in [0.15, 0.2) is 0 Å². The molecule has 0 N–H and O–H groups in total. The van der Waals surface area contributed by atoms with Gasteiger partial charge < -0.3 is 0 Å². The molecule has 1 aromatic heterocycles. The van der Waals surface area contributed by atoms with E-state index in [4.69, 9.17) is 11.6 Å². The van der Waals surface area contributed by atoms with Crippen LogP contribution in [0.4, 0.5) is 5.69 Å². The summed E-state index contributed by atoms with van der Waals surface area (Å²) in [5.74, 6) is 0.458. The Kier molecular flexibility index (Phi) is 4.68. The lowest BCUT2D eigenvalue weighted by molar-refractivity contribution is -0.384. The summed E-state index contributed by atoms with van der Waals surface area (Å²) in [7, 11) is 0. The quantitative estimate of drug-likeness (QED) is 0.521. The zero-order valence-corrected chi connectivity index (χ0v) is 13.5. The molecule has 1 heterocycles. The molecule has 0 fully saturated rings. The number of hydrogen-bond donors (Lipinski definition) is 0. The van der Waals surface area contributed by atoms with Gasteiger partial charge in [-0.1, -0.05) is 23.7 Å². The normalized spacial score (nSPS) is 10.3. The molecule has 0 radical (unpaired) electrons. The van der Waals surface area contributed by atoms with Crippen LogP contribution < -0.4 is 5.56 Å². The van der Waals surface area contributed by atoms with Crippen LogP contribution in [0.25, 0.3) is 16.6 Å². The van der Waals surface area contributed by atoms with Gasteiger partial charge in [-0.2, -0.15) is 0 Å². The summed E-state index contributed by atoms with van der Waals surface area (Å²) in [6.07, 6.45) is 0. The third-order valence-corrected chi connectivity index (χ3v) is 3.63. The minimum atomic E-state index is -0.538. The summed E-state index contributed by atoms with van der Waals surface area (Å²) in [6, 6.07) is 11.0. The molecule has 0 spiro atoms. The number of nitrogens with zero attached hydrogens (tertiary/aromatic N) is 3. The molecule has 6 nitrogen and oxygen atoms in total. The first kappa shape index (κ1) is 16.9. The Morgan fingerprint density at radius 3 is 2.57 bits per heavy atom. The van der Waals surface area contributed by atoms with Crippen molar-refractivity contribution < 1.29 is 4.92 Å². The first-order valence-electron chi connectivity index (χ1n) is 6.42. The molecule has 0 unspecified atom stereocenters. The molecular formula is C15H11Cl2N3O3. The van der Waals surface area contributed by atoms with Gasteiger partial charge in [-0.05, 0) is 25.1 Å². The largest absolute Gasteiger partial charge is 0.271 e. The summed E-state index contributed by atoms with van der Waals surface area (Å²) in [5.41, 5.74) is 0.569. The maximum Gasteiger partial charge on any atom is 0.271 e. The van der Waals surface area contributed by atoms with E-state index in [1.54, 1.807) is 31.2 Å². The van der Waals surface area contributed by atoms with Crippen LogP contribution in [0.2, 0.25) is 5.02 Å². The fraction of sp³-hybridized carbons (Fsp3) is 0.0667. The number of non-ortho nitro benzene ring substituents is 1. The van der Waals surface area contributed by atoms with E-state index in [0.29, 0.717) is 22.4 Å². The number of hydrogen-bond acceptors (Lipinski definition) is 4. The van der Waals surface area contributed by atoms with Crippen molar-refractivity contribution >= 4 is 40.6 Å². The Balaban J connectivity index is 0.00000192.